The number of nitrogens with one attached hydrogen (secondary N) is 1. The van der Waals surface area contributed by atoms with Crippen LogP contribution < -0.4 is 10.1 Å². The summed E-state index contributed by atoms with van der Waals surface area (Å²) < 4.78 is 30.4. The van der Waals surface area contributed by atoms with E-state index in [0.29, 0.717) is 22.0 Å². The van der Waals surface area contributed by atoms with E-state index in [4.69, 9.17) is 16.3 Å². The van der Waals surface area contributed by atoms with Crippen LogP contribution in [0.3, 0.4) is 0 Å². The minimum absolute atomic E-state index is 0.139. The topological polar surface area (TPSA) is 55.4 Å². The molecule has 1 unspecified atom stereocenters. The molecule has 0 radical (unpaired) electrons. The summed E-state index contributed by atoms with van der Waals surface area (Å²) in [6.45, 7) is 0. The summed E-state index contributed by atoms with van der Waals surface area (Å²) in [7, 11) is 0.0616. The molecule has 4 nitrogen and oxygen atoms in total. The minimum atomic E-state index is -1.44. The van der Waals surface area contributed by atoms with Gasteiger partial charge in [0.1, 0.15) is 17.3 Å². The number of carbonyl (C=O) groups is 1. The largest absolute Gasteiger partial charge is 0.496 e. The fourth-order valence-electron chi connectivity index (χ4n) is 1.99. The number of hydrogen-bond donors (Lipinski definition) is 1. The molecule has 0 heterocycles. The summed E-state index contributed by atoms with van der Waals surface area (Å²) in [5.41, 5.74) is 0.990. The molecule has 0 aliphatic rings. The summed E-state index contributed by atoms with van der Waals surface area (Å²) in [5.74, 6) is -0.400. The number of carbonyl (C=O) groups excluding carboxylic acids is 1. The molecule has 122 valence electrons. The van der Waals surface area contributed by atoms with E-state index in [1.54, 1.807) is 24.3 Å². The maximum Gasteiger partial charge on any atom is 0.237 e. The van der Waals surface area contributed by atoms with Gasteiger partial charge in [0.15, 0.2) is 0 Å². The fourth-order valence-corrected chi connectivity index (χ4v) is 3.23. The first kappa shape index (κ1) is 17.4. The van der Waals surface area contributed by atoms with Crippen molar-refractivity contribution in [2.24, 2.45) is 0 Å². The van der Waals surface area contributed by atoms with Crippen molar-refractivity contribution in [3.8, 4) is 5.75 Å². The number of benzene rings is 2. The quantitative estimate of drug-likeness (QED) is 0.864. The Morgan fingerprint density at radius 1 is 1.30 bits per heavy atom. The molecule has 0 bridgehead atoms. The third kappa shape index (κ3) is 5.33. The van der Waals surface area contributed by atoms with E-state index in [1.807, 2.05) is 0 Å². The van der Waals surface area contributed by atoms with Crippen molar-refractivity contribution in [1.29, 1.82) is 0 Å². The van der Waals surface area contributed by atoms with Gasteiger partial charge in [-0.3, -0.25) is 9.00 Å². The molecular formula is C16H15ClFNO3S. The zero-order valence-electron chi connectivity index (χ0n) is 12.3. The maximum absolute atomic E-state index is 13.1. The van der Waals surface area contributed by atoms with Gasteiger partial charge in [0.2, 0.25) is 5.91 Å². The zero-order chi connectivity index (χ0) is 16.8. The van der Waals surface area contributed by atoms with E-state index in [2.05, 4.69) is 5.32 Å². The van der Waals surface area contributed by atoms with Crippen molar-refractivity contribution in [3.63, 3.8) is 0 Å². The van der Waals surface area contributed by atoms with Crippen molar-refractivity contribution in [3.05, 3.63) is 58.9 Å². The van der Waals surface area contributed by atoms with Crippen molar-refractivity contribution in [2.75, 3.05) is 18.2 Å². The highest BCUT2D eigenvalue weighted by molar-refractivity contribution is 7.85. The number of amides is 1. The Morgan fingerprint density at radius 2 is 2.09 bits per heavy atom. The highest BCUT2D eigenvalue weighted by Gasteiger charge is 2.12. The van der Waals surface area contributed by atoms with Crippen LogP contribution in [0.25, 0.3) is 0 Å². The second-order valence-corrected chi connectivity index (χ2v) is 6.64. The van der Waals surface area contributed by atoms with Crippen LogP contribution in [0.15, 0.2) is 42.5 Å². The first-order valence-corrected chi connectivity index (χ1v) is 8.57. The Morgan fingerprint density at radius 3 is 2.78 bits per heavy atom. The van der Waals surface area contributed by atoms with Gasteiger partial charge in [0.25, 0.3) is 0 Å². The van der Waals surface area contributed by atoms with Gasteiger partial charge in [-0.2, -0.15) is 0 Å². The number of hydrogen-bond acceptors (Lipinski definition) is 3. The summed E-state index contributed by atoms with van der Waals surface area (Å²) in [6, 6.07) is 10.5. The molecule has 0 saturated carbocycles. The fraction of sp³-hybridized carbons (Fsp3) is 0.188. The Bertz CT molecular complexity index is 739. The predicted octanol–water partition coefficient (Wildman–Crippen LogP) is 3.38. The van der Waals surface area contributed by atoms with Crippen molar-refractivity contribution < 1.29 is 18.1 Å². The molecule has 2 aromatic carbocycles. The lowest BCUT2D eigenvalue weighted by Gasteiger charge is -2.09. The number of rotatable bonds is 6. The molecule has 0 aliphatic carbocycles. The Hall–Kier alpha value is -1.92. The standard InChI is InChI=1S/C16H15ClFNO3S/c1-22-15-6-5-12(17)7-11(15)9-23(21)10-16(20)19-14-4-2-3-13(18)8-14/h2-8H,9-10H2,1H3,(H,19,20). The molecule has 1 N–H and O–H groups in total. The lowest BCUT2D eigenvalue weighted by Crippen LogP contribution is -2.20. The van der Waals surface area contributed by atoms with Crippen LogP contribution in [0.2, 0.25) is 5.02 Å². The Labute approximate surface area is 141 Å². The molecule has 1 atom stereocenters. The molecule has 0 spiro atoms. The van der Waals surface area contributed by atoms with Gasteiger partial charge >= 0.3 is 0 Å². The Kier molecular flexibility index (Phi) is 6.12. The molecule has 0 fully saturated rings. The van der Waals surface area contributed by atoms with Gasteiger partial charge in [-0.25, -0.2) is 4.39 Å². The number of halogens is 2. The summed E-state index contributed by atoms with van der Waals surface area (Å²) in [4.78, 5) is 11.9. The van der Waals surface area contributed by atoms with Gasteiger partial charge < -0.3 is 10.1 Å². The molecule has 1 amide bonds. The van der Waals surface area contributed by atoms with E-state index in [-0.39, 0.29) is 11.5 Å². The monoisotopic (exact) mass is 355 g/mol. The van der Waals surface area contributed by atoms with Gasteiger partial charge in [-0.05, 0) is 36.4 Å². The van der Waals surface area contributed by atoms with Gasteiger partial charge in [-0.15, -0.1) is 0 Å². The van der Waals surface area contributed by atoms with Crippen LogP contribution in [0.1, 0.15) is 5.56 Å². The molecule has 2 rings (SSSR count). The average molecular weight is 356 g/mol. The number of methoxy groups -OCH3 is 1. The van der Waals surface area contributed by atoms with Crippen LogP contribution in [0.5, 0.6) is 5.75 Å². The van der Waals surface area contributed by atoms with Gasteiger partial charge in [0.05, 0.1) is 12.9 Å². The maximum atomic E-state index is 13.1. The van der Waals surface area contributed by atoms with Crippen molar-refractivity contribution in [1.82, 2.24) is 0 Å². The second kappa shape index (κ2) is 8.08. The third-order valence-electron chi connectivity index (χ3n) is 2.96. The second-order valence-electron chi connectivity index (χ2n) is 4.74. The van der Waals surface area contributed by atoms with Crippen molar-refractivity contribution in [2.45, 2.75) is 5.75 Å². The SMILES string of the molecule is COc1ccc(Cl)cc1CS(=O)CC(=O)Nc1cccc(F)c1. The van der Waals surface area contributed by atoms with Crippen LogP contribution >= 0.6 is 11.6 Å². The molecule has 0 aromatic heterocycles. The summed E-state index contributed by atoms with van der Waals surface area (Å²) in [5, 5.41) is 3.01. The lowest BCUT2D eigenvalue weighted by atomic mass is 10.2. The normalized spacial score (nSPS) is 11.8. The van der Waals surface area contributed by atoms with E-state index in [9.17, 15) is 13.4 Å². The number of ether oxygens (including phenoxy) is 1. The van der Waals surface area contributed by atoms with Gasteiger partial charge in [-0.1, -0.05) is 17.7 Å². The average Bonchev–Trinajstić information content (AvgIpc) is 2.47. The summed E-state index contributed by atoms with van der Waals surface area (Å²) >= 11 is 5.92. The lowest BCUT2D eigenvalue weighted by molar-refractivity contribution is -0.113. The number of anilines is 1. The van der Waals surface area contributed by atoms with E-state index < -0.39 is 22.5 Å². The molecule has 0 saturated heterocycles. The van der Waals surface area contributed by atoms with E-state index >= 15 is 0 Å². The molecule has 2 aromatic rings. The van der Waals surface area contributed by atoms with Crippen LogP contribution in [-0.2, 0) is 21.3 Å². The highest BCUT2D eigenvalue weighted by Crippen LogP contribution is 2.24. The van der Waals surface area contributed by atoms with E-state index in [1.165, 1.54) is 25.3 Å². The smallest absolute Gasteiger partial charge is 0.237 e. The van der Waals surface area contributed by atoms with E-state index in [0.717, 1.165) is 0 Å². The predicted molar refractivity (Wildman–Crippen MR) is 89.7 cm³/mol. The Balaban J connectivity index is 1.97. The van der Waals surface area contributed by atoms with Gasteiger partial charge in [0, 0.05) is 27.1 Å². The first-order chi connectivity index (χ1) is 11.0. The summed E-state index contributed by atoms with van der Waals surface area (Å²) in [6.07, 6.45) is 0. The highest BCUT2D eigenvalue weighted by atomic mass is 35.5. The molecule has 0 aliphatic heterocycles. The minimum Gasteiger partial charge on any atom is -0.496 e. The molecule has 7 heteroatoms. The van der Waals surface area contributed by atoms with Crippen LogP contribution in [-0.4, -0.2) is 23.0 Å². The van der Waals surface area contributed by atoms with Crippen LogP contribution in [0.4, 0.5) is 10.1 Å². The first-order valence-electron chi connectivity index (χ1n) is 6.70. The van der Waals surface area contributed by atoms with Crippen LogP contribution in [0, 0.1) is 5.82 Å². The zero-order valence-corrected chi connectivity index (χ0v) is 13.9. The third-order valence-corrected chi connectivity index (χ3v) is 4.41. The molecular weight excluding hydrogens is 341 g/mol. The molecule has 23 heavy (non-hydrogen) atoms. The van der Waals surface area contributed by atoms with Crippen molar-refractivity contribution >= 4 is 34.0 Å².